The lowest BCUT2D eigenvalue weighted by Gasteiger charge is -2.34. The van der Waals surface area contributed by atoms with Gasteiger partial charge >= 0.3 is 0 Å². The molecule has 23 heavy (non-hydrogen) atoms. The predicted octanol–water partition coefficient (Wildman–Crippen LogP) is 2.70. The molecule has 1 amide bonds. The lowest BCUT2D eigenvalue weighted by atomic mass is 10.2. The van der Waals surface area contributed by atoms with Gasteiger partial charge in [0.2, 0.25) is 5.91 Å². The van der Waals surface area contributed by atoms with E-state index in [1.165, 1.54) is 6.42 Å². The standard InChI is InChI=1S/C16H32N4OS.HI/c1-5-13(4)19-15(21)8-9-18-16(17-7-3)20-10-11-22-14(6-2)12-20;/h13-14H,5-12H2,1-4H3,(H,17,18)(H,19,21);1H. The zero-order chi connectivity index (χ0) is 16.4. The van der Waals surface area contributed by atoms with Gasteiger partial charge in [0.05, 0.1) is 6.54 Å². The van der Waals surface area contributed by atoms with Crippen molar-refractivity contribution in [3.05, 3.63) is 0 Å². The normalized spacial score (nSPS) is 19.7. The van der Waals surface area contributed by atoms with E-state index in [4.69, 9.17) is 0 Å². The molecule has 0 saturated carbocycles. The zero-order valence-corrected chi connectivity index (χ0v) is 18.1. The maximum absolute atomic E-state index is 11.8. The molecule has 1 saturated heterocycles. The van der Waals surface area contributed by atoms with Crippen LogP contribution in [0.15, 0.2) is 4.99 Å². The number of halogens is 1. The minimum atomic E-state index is 0. The van der Waals surface area contributed by atoms with Gasteiger partial charge in [0.15, 0.2) is 5.96 Å². The molecule has 0 aromatic rings. The van der Waals surface area contributed by atoms with Gasteiger partial charge < -0.3 is 15.5 Å². The van der Waals surface area contributed by atoms with Crippen molar-refractivity contribution in [3.8, 4) is 0 Å². The third-order valence-electron chi connectivity index (χ3n) is 3.85. The van der Waals surface area contributed by atoms with Gasteiger partial charge in [0.1, 0.15) is 0 Å². The first-order valence-electron chi connectivity index (χ1n) is 8.54. The second-order valence-electron chi connectivity index (χ2n) is 5.71. The molecule has 2 atom stereocenters. The highest BCUT2D eigenvalue weighted by Crippen LogP contribution is 2.21. The Balaban J connectivity index is 0.00000484. The van der Waals surface area contributed by atoms with Crippen molar-refractivity contribution in [1.29, 1.82) is 0 Å². The number of aliphatic imine (C=N–C) groups is 1. The maximum Gasteiger partial charge on any atom is 0.222 e. The Morgan fingerprint density at radius 3 is 2.74 bits per heavy atom. The number of guanidine groups is 1. The summed E-state index contributed by atoms with van der Waals surface area (Å²) in [7, 11) is 0. The first-order chi connectivity index (χ1) is 10.6. The summed E-state index contributed by atoms with van der Waals surface area (Å²) in [6.07, 6.45) is 2.61. The van der Waals surface area contributed by atoms with Crippen LogP contribution in [-0.4, -0.2) is 60.0 Å². The van der Waals surface area contributed by atoms with Crippen LogP contribution in [0.25, 0.3) is 0 Å². The van der Waals surface area contributed by atoms with Crippen LogP contribution >= 0.6 is 35.7 Å². The van der Waals surface area contributed by atoms with Crippen LogP contribution in [0.1, 0.15) is 47.0 Å². The molecule has 2 unspecified atom stereocenters. The summed E-state index contributed by atoms with van der Waals surface area (Å²) in [5.41, 5.74) is 0. The highest BCUT2D eigenvalue weighted by Gasteiger charge is 2.21. The van der Waals surface area contributed by atoms with Gasteiger partial charge in [0, 0.05) is 43.1 Å². The number of carbonyl (C=O) groups is 1. The van der Waals surface area contributed by atoms with Gasteiger partial charge in [0.25, 0.3) is 0 Å². The summed E-state index contributed by atoms with van der Waals surface area (Å²) in [6.45, 7) is 11.9. The summed E-state index contributed by atoms with van der Waals surface area (Å²) in [5, 5.41) is 7.03. The van der Waals surface area contributed by atoms with Crippen molar-refractivity contribution in [1.82, 2.24) is 15.5 Å². The molecule has 7 heteroatoms. The highest BCUT2D eigenvalue weighted by molar-refractivity contribution is 14.0. The first kappa shape index (κ1) is 22.8. The van der Waals surface area contributed by atoms with E-state index in [9.17, 15) is 4.79 Å². The number of hydrogen-bond acceptors (Lipinski definition) is 3. The summed E-state index contributed by atoms with van der Waals surface area (Å²) in [6, 6.07) is 0.245. The second kappa shape index (κ2) is 13.1. The maximum atomic E-state index is 11.8. The fourth-order valence-corrected chi connectivity index (χ4v) is 3.48. The van der Waals surface area contributed by atoms with E-state index in [2.05, 4.69) is 53.1 Å². The van der Waals surface area contributed by atoms with E-state index >= 15 is 0 Å². The van der Waals surface area contributed by atoms with Crippen LogP contribution in [0.2, 0.25) is 0 Å². The minimum absolute atomic E-state index is 0. The summed E-state index contributed by atoms with van der Waals surface area (Å²) in [5.74, 6) is 2.20. The largest absolute Gasteiger partial charge is 0.357 e. The monoisotopic (exact) mass is 456 g/mol. The molecule has 0 bridgehead atoms. The van der Waals surface area contributed by atoms with Crippen molar-refractivity contribution in [2.45, 2.75) is 58.2 Å². The van der Waals surface area contributed by atoms with Crippen molar-refractivity contribution in [2.24, 2.45) is 4.99 Å². The molecule has 0 aliphatic carbocycles. The predicted molar refractivity (Wildman–Crippen MR) is 112 cm³/mol. The van der Waals surface area contributed by atoms with Crippen LogP contribution in [-0.2, 0) is 4.79 Å². The molecular formula is C16H33IN4OS. The van der Waals surface area contributed by atoms with E-state index in [0.717, 1.165) is 37.8 Å². The van der Waals surface area contributed by atoms with Gasteiger partial charge in [-0.25, -0.2) is 0 Å². The minimum Gasteiger partial charge on any atom is -0.357 e. The fourth-order valence-electron chi connectivity index (χ4n) is 2.30. The molecule has 2 N–H and O–H groups in total. The average molecular weight is 456 g/mol. The Hall–Kier alpha value is -0.180. The molecule has 5 nitrogen and oxygen atoms in total. The van der Waals surface area contributed by atoms with E-state index in [1.807, 2.05) is 6.92 Å². The van der Waals surface area contributed by atoms with Crippen LogP contribution in [0, 0.1) is 0 Å². The number of nitrogens with zero attached hydrogens (tertiary/aromatic N) is 2. The third-order valence-corrected chi connectivity index (χ3v) is 5.22. The molecule has 0 radical (unpaired) electrons. The second-order valence-corrected chi connectivity index (χ2v) is 7.12. The molecule has 1 rings (SSSR count). The van der Waals surface area contributed by atoms with Crippen molar-refractivity contribution in [2.75, 3.05) is 31.9 Å². The molecule has 0 aromatic carbocycles. The Bertz CT molecular complexity index is 368. The number of amides is 1. The average Bonchev–Trinajstić information content (AvgIpc) is 2.53. The Labute approximate surface area is 162 Å². The number of rotatable bonds is 7. The summed E-state index contributed by atoms with van der Waals surface area (Å²) in [4.78, 5) is 18.8. The Morgan fingerprint density at radius 2 is 2.13 bits per heavy atom. The van der Waals surface area contributed by atoms with Gasteiger partial charge in [-0.05, 0) is 26.7 Å². The highest BCUT2D eigenvalue weighted by atomic mass is 127. The Morgan fingerprint density at radius 1 is 1.39 bits per heavy atom. The van der Waals surface area contributed by atoms with Crippen molar-refractivity contribution >= 4 is 47.6 Å². The fraction of sp³-hybridized carbons (Fsp3) is 0.875. The summed E-state index contributed by atoms with van der Waals surface area (Å²) < 4.78 is 0. The number of nitrogens with one attached hydrogen (secondary N) is 2. The van der Waals surface area contributed by atoms with Crippen LogP contribution in [0.5, 0.6) is 0 Å². The molecule has 1 aliphatic rings. The molecule has 1 heterocycles. The first-order valence-corrected chi connectivity index (χ1v) is 9.59. The molecule has 1 fully saturated rings. The summed E-state index contributed by atoms with van der Waals surface area (Å²) >= 11 is 2.05. The van der Waals surface area contributed by atoms with E-state index in [1.54, 1.807) is 0 Å². The van der Waals surface area contributed by atoms with Crippen LogP contribution in [0.4, 0.5) is 0 Å². The molecule has 136 valence electrons. The molecule has 0 aromatic heterocycles. The number of thioether (sulfide) groups is 1. The van der Waals surface area contributed by atoms with Crippen LogP contribution < -0.4 is 10.6 Å². The lowest BCUT2D eigenvalue weighted by Crippen LogP contribution is -2.48. The lowest BCUT2D eigenvalue weighted by molar-refractivity contribution is -0.121. The van der Waals surface area contributed by atoms with Gasteiger partial charge in [-0.2, -0.15) is 11.8 Å². The zero-order valence-electron chi connectivity index (χ0n) is 14.9. The van der Waals surface area contributed by atoms with Crippen molar-refractivity contribution in [3.63, 3.8) is 0 Å². The van der Waals surface area contributed by atoms with E-state index < -0.39 is 0 Å². The Kier molecular flexibility index (Phi) is 13.0. The molecule has 1 aliphatic heterocycles. The smallest absolute Gasteiger partial charge is 0.222 e. The third kappa shape index (κ3) is 9.02. The van der Waals surface area contributed by atoms with E-state index in [0.29, 0.717) is 18.2 Å². The van der Waals surface area contributed by atoms with Gasteiger partial charge in [-0.1, -0.05) is 13.8 Å². The van der Waals surface area contributed by atoms with Gasteiger partial charge in [-0.15, -0.1) is 24.0 Å². The van der Waals surface area contributed by atoms with Crippen LogP contribution in [0.3, 0.4) is 0 Å². The number of carbonyl (C=O) groups excluding carboxylic acids is 1. The number of hydrogen-bond donors (Lipinski definition) is 2. The van der Waals surface area contributed by atoms with E-state index in [-0.39, 0.29) is 35.9 Å². The SMILES string of the molecule is CCNC(=NCCC(=O)NC(C)CC)N1CCSC(CC)C1.I. The van der Waals surface area contributed by atoms with Gasteiger partial charge in [-0.3, -0.25) is 9.79 Å². The topological polar surface area (TPSA) is 56.7 Å². The van der Waals surface area contributed by atoms with Crippen molar-refractivity contribution < 1.29 is 4.79 Å². The molecule has 0 spiro atoms. The quantitative estimate of drug-likeness (QED) is 0.352. The molecular weight excluding hydrogens is 423 g/mol.